The van der Waals surface area contributed by atoms with Gasteiger partial charge in [-0.3, -0.25) is 0 Å². The summed E-state index contributed by atoms with van der Waals surface area (Å²) in [6.45, 7) is 11.9. The van der Waals surface area contributed by atoms with Gasteiger partial charge in [0.15, 0.2) is 0 Å². The van der Waals surface area contributed by atoms with Crippen LogP contribution in [0.4, 0.5) is 0 Å². The molecule has 2 aliphatic rings. The molecule has 0 spiro atoms. The highest BCUT2D eigenvalue weighted by Crippen LogP contribution is 2.34. The average molecular weight is 211 g/mol. The van der Waals surface area contributed by atoms with Crippen molar-refractivity contribution in [1.82, 2.24) is 4.90 Å². The first-order valence-corrected chi connectivity index (χ1v) is 6.39. The first-order valence-electron chi connectivity index (χ1n) is 6.39. The van der Waals surface area contributed by atoms with Gasteiger partial charge in [-0.1, -0.05) is 20.8 Å². The highest BCUT2D eigenvalue weighted by atomic mass is 16.6. The molecule has 2 atom stereocenters. The molecule has 2 fully saturated rings. The van der Waals surface area contributed by atoms with Crippen LogP contribution in [0.3, 0.4) is 0 Å². The molecule has 0 radical (unpaired) electrons. The molecule has 0 amide bonds. The van der Waals surface area contributed by atoms with Crippen LogP contribution in [0.2, 0.25) is 0 Å². The van der Waals surface area contributed by atoms with Gasteiger partial charge in [-0.15, -0.1) is 0 Å². The molecule has 2 saturated heterocycles. The summed E-state index contributed by atoms with van der Waals surface area (Å²) in [4.78, 5) is 2.60. The lowest BCUT2D eigenvalue weighted by molar-refractivity contribution is 0.203. The second-order valence-corrected chi connectivity index (χ2v) is 6.25. The fourth-order valence-corrected chi connectivity index (χ4v) is 2.67. The van der Waals surface area contributed by atoms with Crippen molar-refractivity contribution in [2.45, 2.75) is 46.1 Å². The van der Waals surface area contributed by atoms with E-state index < -0.39 is 0 Å². The highest BCUT2D eigenvalue weighted by Gasteiger charge is 2.30. The molecule has 2 nitrogen and oxygen atoms in total. The summed E-state index contributed by atoms with van der Waals surface area (Å²) >= 11 is 0. The first kappa shape index (κ1) is 11.4. The number of likely N-dealkylation sites (tertiary alicyclic amines) is 1. The van der Waals surface area contributed by atoms with Gasteiger partial charge in [-0.2, -0.15) is 0 Å². The van der Waals surface area contributed by atoms with Gasteiger partial charge in [0.1, 0.15) is 0 Å². The molecule has 0 saturated carbocycles. The maximum atomic E-state index is 5.30. The number of hydrogen-bond donors (Lipinski definition) is 0. The first-order chi connectivity index (χ1) is 7.05. The molecule has 88 valence electrons. The molecule has 0 aromatic carbocycles. The van der Waals surface area contributed by atoms with Crippen molar-refractivity contribution in [3.63, 3.8) is 0 Å². The zero-order valence-electron chi connectivity index (χ0n) is 10.5. The van der Waals surface area contributed by atoms with Crippen molar-refractivity contribution >= 4 is 0 Å². The molecule has 0 aromatic heterocycles. The predicted octanol–water partition coefficient (Wildman–Crippen LogP) is 2.53. The maximum absolute atomic E-state index is 5.30. The fraction of sp³-hybridized carbons (Fsp3) is 1.00. The minimum absolute atomic E-state index is 0.492. The molecule has 0 bridgehead atoms. The minimum Gasteiger partial charge on any atom is -0.372 e. The van der Waals surface area contributed by atoms with E-state index >= 15 is 0 Å². The summed E-state index contributed by atoms with van der Waals surface area (Å²) in [7, 11) is 0. The zero-order valence-corrected chi connectivity index (χ0v) is 10.5. The van der Waals surface area contributed by atoms with Gasteiger partial charge in [0.25, 0.3) is 0 Å². The highest BCUT2D eigenvalue weighted by molar-refractivity contribution is 4.81. The molecule has 15 heavy (non-hydrogen) atoms. The fourth-order valence-electron chi connectivity index (χ4n) is 2.67. The Balaban J connectivity index is 1.80. The van der Waals surface area contributed by atoms with Crippen molar-refractivity contribution in [2.24, 2.45) is 11.3 Å². The molecule has 0 N–H and O–H groups in total. The molecule has 2 heteroatoms. The van der Waals surface area contributed by atoms with Gasteiger partial charge in [-0.05, 0) is 43.7 Å². The molecule has 2 heterocycles. The van der Waals surface area contributed by atoms with Crippen LogP contribution in [0.5, 0.6) is 0 Å². The zero-order chi connectivity index (χ0) is 10.9. The SMILES string of the molecule is CC(C)(C)C1CCCN(C[C@H]2CO2)CC1. The van der Waals surface area contributed by atoms with Gasteiger partial charge in [0.2, 0.25) is 0 Å². The number of hydrogen-bond acceptors (Lipinski definition) is 2. The van der Waals surface area contributed by atoms with Crippen molar-refractivity contribution in [3.8, 4) is 0 Å². The summed E-state index contributed by atoms with van der Waals surface area (Å²) in [5.41, 5.74) is 0.492. The lowest BCUT2D eigenvalue weighted by atomic mass is 9.77. The van der Waals surface area contributed by atoms with Crippen LogP contribution < -0.4 is 0 Å². The van der Waals surface area contributed by atoms with Gasteiger partial charge in [0, 0.05) is 6.54 Å². The van der Waals surface area contributed by atoms with Gasteiger partial charge < -0.3 is 9.64 Å². The van der Waals surface area contributed by atoms with Crippen LogP contribution in [-0.2, 0) is 4.74 Å². The Morgan fingerprint density at radius 1 is 1.20 bits per heavy atom. The topological polar surface area (TPSA) is 15.8 Å². The van der Waals surface area contributed by atoms with Gasteiger partial charge in [0.05, 0.1) is 12.7 Å². The van der Waals surface area contributed by atoms with E-state index in [1.165, 1.54) is 38.9 Å². The number of nitrogens with zero attached hydrogens (tertiary/aromatic N) is 1. The summed E-state index contributed by atoms with van der Waals surface area (Å²) in [5.74, 6) is 0.905. The average Bonchev–Trinajstić information content (AvgIpc) is 2.91. The maximum Gasteiger partial charge on any atom is 0.0936 e. The van der Waals surface area contributed by atoms with Crippen LogP contribution in [0.1, 0.15) is 40.0 Å². The lowest BCUT2D eigenvalue weighted by Crippen LogP contribution is -2.29. The van der Waals surface area contributed by atoms with E-state index in [0.717, 1.165) is 12.5 Å². The Hall–Kier alpha value is -0.0800. The second-order valence-electron chi connectivity index (χ2n) is 6.25. The molecular formula is C13H25NO. The summed E-state index contributed by atoms with van der Waals surface area (Å²) in [5, 5.41) is 0. The largest absolute Gasteiger partial charge is 0.372 e. The minimum atomic E-state index is 0.492. The standard InChI is InChI=1S/C13H25NO/c1-13(2,3)11-5-4-7-14(8-6-11)9-12-10-15-12/h11-12H,4-10H2,1-3H3/t11?,12-/m0/s1. The Kier molecular flexibility index (Phi) is 3.36. The van der Waals surface area contributed by atoms with Crippen LogP contribution in [0.25, 0.3) is 0 Å². The summed E-state index contributed by atoms with van der Waals surface area (Å²) in [6, 6.07) is 0. The van der Waals surface area contributed by atoms with Crippen LogP contribution in [-0.4, -0.2) is 37.2 Å². The third-order valence-electron chi connectivity index (χ3n) is 3.91. The Morgan fingerprint density at radius 2 is 1.93 bits per heavy atom. The van der Waals surface area contributed by atoms with Crippen molar-refractivity contribution < 1.29 is 4.74 Å². The van der Waals surface area contributed by atoms with E-state index in [1.54, 1.807) is 0 Å². The molecule has 2 rings (SSSR count). The summed E-state index contributed by atoms with van der Waals surface area (Å²) < 4.78 is 5.30. The Morgan fingerprint density at radius 3 is 2.53 bits per heavy atom. The molecule has 0 aromatic rings. The third kappa shape index (κ3) is 3.46. The van der Waals surface area contributed by atoms with Crippen LogP contribution in [0.15, 0.2) is 0 Å². The normalized spacial score (nSPS) is 33.8. The Labute approximate surface area is 94.0 Å². The van der Waals surface area contributed by atoms with E-state index in [0.29, 0.717) is 11.5 Å². The van der Waals surface area contributed by atoms with Crippen molar-refractivity contribution in [2.75, 3.05) is 26.2 Å². The van der Waals surface area contributed by atoms with Crippen LogP contribution >= 0.6 is 0 Å². The number of ether oxygens (including phenoxy) is 1. The van der Waals surface area contributed by atoms with E-state index in [-0.39, 0.29) is 0 Å². The quantitative estimate of drug-likeness (QED) is 0.652. The molecule has 0 aliphatic carbocycles. The monoisotopic (exact) mass is 211 g/mol. The molecule has 1 unspecified atom stereocenters. The molecular weight excluding hydrogens is 186 g/mol. The van der Waals surface area contributed by atoms with E-state index in [1.807, 2.05) is 0 Å². The molecule has 2 aliphatic heterocycles. The van der Waals surface area contributed by atoms with Gasteiger partial charge >= 0.3 is 0 Å². The van der Waals surface area contributed by atoms with Crippen molar-refractivity contribution in [1.29, 1.82) is 0 Å². The number of epoxide rings is 1. The van der Waals surface area contributed by atoms with E-state index in [4.69, 9.17) is 4.74 Å². The van der Waals surface area contributed by atoms with E-state index in [2.05, 4.69) is 25.7 Å². The van der Waals surface area contributed by atoms with E-state index in [9.17, 15) is 0 Å². The Bertz CT molecular complexity index is 205. The lowest BCUT2D eigenvalue weighted by Gasteiger charge is -2.29. The van der Waals surface area contributed by atoms with Gasteiger partial charge in [-0.25, -0.2) is 0 Å². The smallest absolute Gasteiger partial charge is 0.0936 e. The third-order valence-corrected chi connectivity index (χ3v) is 3.91. The number of rotatable bonds is 2. The van der Waals surface area contributed by atoms with Crippen LogP contribution in [0, 0.1) is 11.3 Å². The summed E-state index contributed by atoms with van der Waals surface area (Å²) in [6.07, 6.45) is 4.72. The second kappa shape index (κ2) is 4.42. The predicted molar refractivity (Wildman–Crippen MR) is 63.0 cm³/mol. The van der Waals surface area contributed by atoms with Crippen molar-refractivity contribution in [3.05, 3.63) is 0 Å².